The summed E-state index contributed by atoms with van der Waals surface area (Å²) >= 11 is 0. The number of aromatic amines is 1. The highest BCUT2D eigenvalue weighted by Gasteiger charge is 2.33. The highest BCUT2D eigenvalue weighted by molar-refractivity contribution is 6.02. The van der Waals surface area contributed by atoms with E-state index >= 15 is 0 Å². The molecule has 0 saturated carbocycles. The highest BCUT2D eigenvalue weighted by Crippen LogP contribution is 2.34. The fourth-order valence-electron chi connectivity index (χ4n) is 3.82. The van der Waals surface area contributed by atoms with Crippen LogP contribution >= 0.6 is 0 Å². The lowest BCUT2D eigenvalue weighted by Gasteiger charge is -2.25. The molecular formula is C20H24N2O3. The van der Waals surface area contributed by atoms with Crippen molar-refractivity contribution in [2.45, 2.75) is 39.7 Å². The van der Waals surface area contributed by atoms with Crippen molar-refractivity contribution in [2.75, 3.05) is 13.7 Å². The van der Waals surface area contributed by atoms with Crippen molar-refractivity contribution < 1.29 is 14.3 Å². The lowest BCUT2D eigenvalue weighted by molar-refractivity contribution is 0.0729. The third kappa shape index (κ3) is 3.06. The van der Waals surface area contributed by atoms with Gasteiger partial charge in [-0.1, -0.05) is 12.1 Å². The van der Waals surface area contributed by atoms with Crippen LogP contribution < -0.4 is 4.74 Å². The van der Waals surface area contributed by atoms with Gasteiger partial charge in [0.2, 0.25) is 0 Å². The molecule has 2 aromatic rings. The van der Waals surface area contributed by atoms with Crippen molar-refractivity contribution in [3.63, 3.8) is 0 Å². The number of aromatic nitrogens is 1. The van der Waals surface area contributed by atoms with Crippen molar-refractivity contribution in [3.8, 4) is 5.75 Å². The molecule has 0 spiro atoms. The first kappa shape index (κ1) is 17.3. The largest absolute Gasteiger partial charge is 0.497 e. The van der Waals surface area contributed by atoms with Gasteiger partial charge >= 0.3 is 0 Å². The number of rotatable bonds is 4. The second kappa shape index (κ2) is 6.75. The van der Waals surface area contributed by atoms with Crippen molar-refractivity contribution in [1.29, 1.82) is 0 Å². The Morgan fingerprint density at radius 3 is 2.44 bits per heavy atom. The predicted molar refractivity (Wildman–Crippen MR) is 96.3 cm³/mol. The zero-order valence-electron chi connectivity index (χ0n) is 15.2. The molecule has 132 valence electrons. The SMILES string of the molecule is COc1ccc([C@@H]2CCCN2C(=O)c2[nH]c(C)c(C(C)=O)c2C)cc1. The third-order valence-electron chi connectivity index (χ3n) is 5.02. The van der Waals surface area contributed by atoms with Gasteiger partial charge in [-0.25, -0.2) is 0 Å². The van der Waals surface area contributed by atoms with E-state index in [1.807, 2.05) is 43.0 Å². The minimum atomic E-state index is -0.0357. The maximum Gasteiger partial charge on any atom is 0.271 e. The summed E-state index contributed by atoms with van der Waals surface area (Å²) in [7, 11) is 1.64. The van der Waals surface area contributed by atoms with E-state index in [4.69, 9.17) is 4.74 Å². The van der Waals surface area contributed by atoms with Gasteiger partial charge in [0.1, 0.15) is 11.4 Å². The Hall–Kier alpha value is -2.56. The quantitative estimate of drug-likeness (QED) is 0.861. The Bertz CT molecular complexity index is 805. The molecule has 5 nitrogen and oxygen atoms in total. The first-order valence-electron chi connectivity index (χ1n) is 8.59. The average Bonchev–Trinajstić information content (AvgIpc) is 3.19. The van der Waals surface area contributed by atoms with E-state index in [0.29, 0.717) is 11.3 Å². The van der Waals surface area contributed by atoms with E-state index in [0.717, 1.165) is 42.0 Å². The maximum absolute atomic E-state index is 13.1. The second-order valence-corrected chi connectivity index (χ2v) is 6.61. The summed E-state index contributed by atoms with van der Waals surface area (Å²) < 4.78 is 5.21. The summed E-state index contributed by atoms with van der Waals surface area (Å²) in [6.45, 7) is 5.94. The molecule has 0 unspecified atom stereocenters. The van der Waals surface area contributed by atoms with Crippen LogP contribution in [0, 0.1) is 13.8 Å². The molecule has 0 bridgehead atoms. The van der Waals surface area contributed by atoms with Crippen LogP contribution in [0.15, 0.2) is 24.3 Å². The molecule has 0 radical (unpaired) electrons. The Morgan fingerprint density at radius 1 is 1.20 bits per heavy atom. The number of H-pyrrole nitrogens is 1. The van der Waals surface area contributed by atoms with Gasteiger partial charge in [0, 0.05) is 17.8 Å². The number of carbonyl (C=O) groups is 2. The number of nitrogens with one attached hydrogen (secondary N) is 1. The molecule has 1 fully saturated rings. The molecule has 5 heteroatoms. The second-order valence-electron chi connectivity index (χ2n) is 6.61. The Kier molecular flexibility index (Phi) is 4.66. The summed E-state index contributed by atoms with van der Waals surface area (Å²) in [6, 6.07) is 7.94. The van der Waals surface area contributed by atoms with Crippen molar-refractivity contribution in [2.24, 2.45) is 0 Å². The molecule has 1 aromatic carbocycles. The molecule has 1 atom stereocenters. The number of hydrogen-bond donors (Lipinski definition) is 1. The Morgan fingerprint density at radius 2 is 1.88 bits per heavy atom. The molecule has 1 aliphatic rings. The molecule has 1 aliphatic heterocycles. The molecule has 1 saturated heterocycles. The summed E-state index contributed by atoms with van der Waals surface area (Å²) in [5.74, 6) is 0.756. The monoisotopic (exact) mass is 340 g/mol. The number of ketones is 1. The fraction of sp³-hybridized carbons (Fsp3) is 0.400. The van der Waals surface area contributed by atoms with Crippen LogP contribution in [0.1, 0.15) is 63.5 Å². The van der Waals surface area contributed by atoms with Gasteiger partial charge in [-0.3, -0.25) is 9.59 Å². The molecular weight excluding hydrogens is 316 g/mol. The van der Waals surface area contributed by atoms with E-state index in [1.165, 1.54) is 6.92 Å². The van der Waals surface area contributed by atoms with Crippen LogP contribution in [0.3, 0.4) is 0 Å². The number of aryl methyl sites for hydroxylation is 1. The number of nitrogens with zero attached hydrogens (tertiary/aromatic N) is 1. The highest BCUT2D eigenvalue weighted by atomic mass is 16.5. The molecule has 1 amide bonds. The zero-order valence-corrected chi connectivity index (χ0v) is 15.2. The number of Topliss-reactive ketones (excluding diaryl/α,β-unsaturated/α-hetero) is 1. The smallest absolute Gasteiger partial charge is 0.271 e. The fourth-order valence-corrected chi connectivity index (χ4v) is 3.82. The minimum Gasteiger partial charge on any atom is -0.497 e. The van der Waals surface area contributed by atoms with Gasteiger partial charge in [0.25, 0.3) is 5.91 Å². The molecule has 3 rings (SSSR count). The van der Waals surface area contributed by atoms with Crippen molar-refractivity contribution >= 4 is 11.7 Å². The van der Waals surface area contributed by atoms with Crippen LogP contribution in [0.25, 0.3) is 0 Å². The van der Waals surface area contributed by atoms with Crippen LogP contribution in [0.4, 0.5) is 0 Å². The van der Waals surface area contributed by atoms with Gasteiger partial charge < -0.3 is 14.6 Å². The van der Waals surface area contributed by atoms with Gasteiger partial charge in [0.15, 0.2) is 5.78 Å². The predicted octanol–water partition coefficient (Wildman–Crippen LogP) is 3.82. The number of likely N-dealkylation sites (tertiary alicyclic amines) is 1. The number of amides is 1. The molecule has 1 N–H and O–H groups in total. The number of benzene rings is 1. The van der Waals surface area contributed by atoms with Crippen LogP contribution in [-0.4, -0.2) is 35.2 Å². The Balaban J connectivity index is 1.91. The summed E-state index contributed by atoms with van der Waals surface area (Å²) in [5, 5.41) is 0. The first-order chi connectivity index (χ1) is 11.9. The topological polar surface area (TPSA) is 62.4 Å². The first-order valence-corrected chi connectivity index (χ1v) is 8.59. The summed E-state index contributed by atoms with van der Waals surface area (Å²) in [4.78, 5) is 30.0. The van der Waals surface area contributed by atoms with E-state index in [2.05, 4.69) is 4.98 Å². The normalized spacial score (nSPS) is 17.0. The Labute approximate surface area is 148 Å². The zero-order chi connectivity index (χ0) is 18.1. The van der Waals surface area contributed by atoms with Crippen LogP contribution in [0.5, 0.6) is 5.75 Å². The standard InChI is InChI=1S/C20H24N2O3/c1-12-18(14(3)23)13(2)21-19(12)20(24)22-11-5-6-17(22)15-7-9-16(25-4)10-8-15/h7-10,17,21H,5-6,11H2,1-4H3/t17-/m0/s1. The van der Waals surface area contributed by atoms with Crippen molar-refractivity contribution in [3.05, 3.63) is 52.3 Å². The van der Waals surface area contributed by atoms with E-state index in [9.17, 15) is 9.59 Å². The molecule has 0 aliphatic carbocycles. The van der Waals surface area contributed by atoms with Crippen molar-refractivity contribution in [1.82, 2.24) is 9.88 Å². The van der Waals surface area contributed by atoms with Crippen LogP contribution in [0.2, 0.25) is 0 Å². The van der Waals surface area contributed by atoms with Gasteiger partial charge in [-0.05, 0) is 56.9 Å². The lowest BCUT2D eigenvalue weighted by Crippen LogP contribution is -2.31. The minimum absolute atomic E-state index is 0.0153. The lowest BCUT2D eigenvalue weighted by atomic mass is 10.0. The number of carbonyl (C=O) groups excluding carboxylic acids is 2. The number of methoxy groups -OCH3 is 1. The maximum atomic E-state index is 13.1. The van der Waals surface area contributed by atoms with E-state index in [-0.39, 0.29) is 17.7 Å². The van der Waals surface area contributed by atoms with Gasteiger partial charge in [0.05, 0.1) is 13.2 Å². The number of hydrogen-bond acceptors (Lipinski definition) is 3. The van der Waals surface area contributed by atoms with Gasteiger partial charge in [-0.15, -0.1) is 0 Å². The molecule has 25 heavy (non-hydrogen) atoms. The number of ether oxygens (including phenoxy) is 1. The van der Waals surface area contributed by atoms with E-state index < -0.39 is 0 Å². The molecule has 1 aromatic heterocycles. The summed E-state index contributed by atoms with van der Waals surface area (Å²) in [6.07, 6.45) is 1.91. The summed E-state index contributed by atoms with van der Waals surface area (Å²) in [5.41, 5.74) is 3.77. The van der Waals surface area contributed by atoms with Crippen LogP contribution in [-0.2, 0) is 0 Å². The third-order valence-corrected chi connectivity index (χ3v) is 5.02. The average molecular weight is 340 g/mol. The van der Waals surface area contributed by atoms with E-state index in [1.54, 1.807) is 7.11 Å². The molecule has 2 heterocycles. The van der Waals surface area contributed by atoms with Gasteiger partial charge in [-0.2, -0.15) is 0 Å².